The molecule has 2 rings (SSSR count). The summed E-state index contributed by atoms with van der Waals surface area (Å²) in [5.41, 5.74) is 0.539. The fourth-order valence-electron chi connectivity index (χ4n) is 4.97. The van der Waals surface area contributed by atoms with E-state index in [1.54, 1.807) is 0 Å². The van der Waals surface area contributed by atoms with Crippen LogP contribution in [0.1, 0.15) is 71.6 Å². The van der Waals surface area contributed by atoms with Gasteiger partial charge in [-0.2, -0.15) is 0 Å². The summed E-state index contributed by atoms with van der Waals surface area (Å²) in [5.74, 6) is 1.89. The zero-order valence-corrected chi connectivity index (χ0v) is 14.8. The van der Waals surface area contributed by atoms with Gasteiger partial charge < -0.3 is 10.2 Å². The summed E-state index contributed by atoms with van der Waals surface area (Å²) in [6.07, 6.45) is 13.1. The second kappa shape index (κ2) is 8.53. The van der Waals surface area contributed by atoms with Crippen molar-refractivity contribution in [2.24, 2.45) is 17.3 Å². The van der Waals surface area contributed by atoms with Crippen LogP contribution in [-0.4, -0.2) is 38.1 Å². The zero-order valence-electron chi connectivity index (χ0n) is 14.8. The van der Waals surface area contributed by atoms with Crippen molar-refractivity contribution in [3.05, 3.63) is 0 Å². The molecule has 1 N–H and O–H groups in total. The summed E-state index contributed by atoms with van der Waals surface area (Å²) in [7, 11) is 2.38. The summed E-state index contributed by atoms with van der Waals surface area (Å²) < 4.78 is 0. The second-order valence-electron chi connectivity index (χ2n) is 8.18. The van der Waals surface area contributed by atoms with E-state index in [1.807, 2.05) is 0 Å². The number of nitrogens with one attached hydrogen (secondary N) is 1. The molecule has 0 aromatic carbocycles. The Morgan fingerprint density at radius 1 is 1.10 bits per heavy atom. The van der Waals surface area contributed by atoms with E-state index < -0.39 is 0 Å². The van der Waals surface area contributed by atoms with E-state index in [0.29, 0.717) is 5.41 Å². The molecule has 2 atom stereocenters. The Labute approximate surface area is 133 Å². The molecule has 2 nitrogen and oxygen atoms in total. The van der Waals surface area contributed by atoms with E-state index >= 15 is 0 Å². The molecule has 21 heavy (non-hydrogen) atoms. The molecule has 0 aromatic heterocycles. The van der Waals surface area contributed by atoms with Crippen LogP contribution in [0.3, 0.4) is 0 Å². The van der Waals surface area contributed by atoms with Gasteiger partial charge in [0.1, 0.15) is 0 Å². The third-order valence-corrected chi connectivity index (χ3v) is 5.84. The van der Waals surface area contributed by atoms with Crippen LogP contribution >= 0.6 is 0 Å². The van der Waals surface area contributed by atoms with Crippen molar-refractivity contribution < 1.29 is 0 Å². The van der Waals surface area contributed by atoms with Crippen LogP contribution < -0.4 is 5.32 Å². The van der Waals surface area contributed by atoms with E-state index in [1.165, 1.54) is 77.4 Å². The maximum absolute atomic E-state index is 3.66. The summed E-state index contributed by atoms with van der Waals surface area (Å²) in [6, 6.07) is 0. The molecule has 2 aliphatic carbocycles. The smallest absolute Gasteiger partial charge is 0.00473 e. The third-order valence-electron chi connectivity index (χ3n) is 5.84. The highest BCUT2D eigenvalue weighted by Gasteiger charge is 2.35. The van der Waals surface area contributed by atoms with Gasteiger partial charge in [-0.25, -0.2) is 0 Å². The maximum atomic E-state index is 3.66. The Morgan fingerprint density at radius 3 is 2.52 bits per heavy atom. The van der Waals surface area contributed by atoms with Crippen LogP contribution in [0.15, 0.2) is 0 Å². The molecule has 2 heteroatoms. The first-order chi connectivity index (χ1) is 10.1. The lowest BCUT2D eigenvalue weighted by Gasteiger charge is -2.43. The molecular formula is C19H38N2. The molecule has 0 aromatic rings. The Bertz CT molecular complexity index is 285. The molecule has 0 amide bonds. The molecule has 124 valence electrons. The monoisotopic (exact) mass is 294 g/mol. The predicted octanol–water partition coefficient (Wildman–Crippen LogP) is 4.30. The quantitative estimate of drug-likeness (QED) is 0.753. The van der Waals surface area contributed by atoms with Crippen molar-refractivity contribution in [3.63, 3.8) is 0 Å². The first kappa shape index (κ1) is 17.3. The molecule has 2 unspecified atom stereocenters. The van der Waals surface area contributed by atoms with Gasteiger partial charge in [-0.3, -0.25) is 0 Å². The van der Waals surface area contributed by atoms with Gasteiger partial charge >= 0.3 is 0 Å². The fourth-order valence-corrected chi connectivity index (χ4v) is 4.97. The number of hydrogen-bond donors (Lipinski definition) is 1. The average Bonchev–Trinajstić information content (AvgIpc) is 2.46. The number of hydrogen-bond acceptors (Lipinski definition) is 2. The highest BCUT2D eigenvalue weighted by atomic mass is 15.1. The van der Waals surface area contributed by atoms with Crippen molar-refractivity contribution in [1.82, 2.24) is 10.2 Å². The first-order valence-corrected chi connectivity index (χ1v) is 9.53. The van der Waals surface area contributed by atoms with Crippen molar-refractivity contribution in [1.29, 1.82) is 0 Å². The van der Waals surface area contributed by atoms with Crippen molar-refractivity contribution in [3.8, 4) is 0 Å². The summed E-state index contributed by atoms with van der Waals surface area (Å²) in [4.78, 5) is 2.67. The lowest BCUT2D eigenvalue weighted by Crippen LogP contribution is -2.46. The van der Waals surface area contributed by atoms with E-state index in [-0.39, 0.29) is 0 Å². The Balaban J connectivity index is 1.87. The average molecular weight is 295 g/mol. The number of rotatable bonds is 7. The van der Waals surface area contributed by atoms with Crippen molar-refractivity contribution in [2.75, 3.05) is 33.2 Å². The second-order valence-corrected chi connectivity index (χ2v) is 8.18. The van der Waals surface area contributed by atoms with Crippen molar-refractivity contribution >= 4 is 0 Å². The molecule has 0 bridgehead atoms. The van der Waals surface area contributed by atoms with Gasteiger partial charge in [0.2, 0.25) is 0 Å². The minimum absolute atomic E-state index is 0.539. The lowest BCUT2D eigenvalue weighted by molar-refractivity contribution is 0.0817. The molecule has 2 fully saturated rings. The van der Waals surface area contributed by atoms with E-state index in [2.05, 4.69) is 31.1 Å². The standard InChI is InChI=1S/C19H38N2/c1-4-20-15-19(12-8-9-17(2)13-19)16-21(3)14-18-10-6-5-7-11-18/h17-18,20H,4-16H2,1-3H3. The van der Waals surface area contributed by atoms with Gasteiger partial charge in [0.25, 0.3) is 0 Å². The highest BCUT2D eigenvalue weighted by molar-refractivity contribution is 4.89. The van der Waals surface area contributed by atoms with Crippen LogP contribution in [0.25, 0.3) is 0 Å². The van der Waals surface area contributed by atoms with Crippen LogP contribution in [0.4, 0.5) is 0 Å². The minimum Gasteiger partial charge on any atom is -0.316 e. The van der Waals surface area contributed by atoms with Crippen LogP contribution in [0.2, 0.25) is 0 Å². The number of nitrogens with zero attached hydrogens (tertiary/aromatic N) is 1. The summed E-state index contributed by atoms with van der Waals surface area (Å²) >= 11 is 0. The fraction of sp³-hybridized carbons (Fsp3) is 1.00. The van der Waals surface area contributed by atoms with Gasteiger partial charge in [0, 0.05) is 19.6 Å². The third kappa shape index (κ3) is 5.56. The van der Waals surface area contributed by atoms with Gasteiger partial charge in [-0.05, 0) is 56.5 Å². The highest BCUT2D eigenvalue weighted by Crippen LogP contribution is 2.39. The van der Waals surface area contributed by atoms with Crippen LogP contribution in [0.5, 0.6) is 0 Å². The molecule has 0 heterocycles. The van der Waals surface area contributed by atoms with E-state index in [4.69, 9.17) is 0 Å². The lowest BCUT2D eigenvalue weighted by atomic mass is 9.69. The largest absolute Gasteiger partial charge is 0.316 e. The normalized spacial score (nSPS) is 31.7. The molecule has 0 saturated heterocycles. The van der Waals surface area contributed by atoms with Crippen LogP contribution in [-0.2, 0) is 0 Å². The Morgan fingerprint density at radius 2 is 1.86 bits per heavy atom. The maximum Gasteiger partial charge on any atom is 0.00473 e. The summed E-state index contributed by atoms with van der Waals surface area (Å²) in [5, 5.41) is 3.66. The van der Waals surface area contributed by atoms with Gasteiger partial charge in [0.05, 0.1) is 0 Å². The zero-order chi connectivity index (χ0) is 15.1. The molecule has 0 spiro atoms. The molecule has 0 aliphatic heterocycles. The van der Waals surface area contributed by atoms with Gasteiger partial charge in [0.15, 0.2) is 0 Å². The topological polar surface area (TPSA) is 15.3 Å². The van der Waals surface area contributed by atoms with Gasteiger partial charge in [-0.15, -0.1) is 0 Å². The summed E-state index contributed by atoms with van der Waals surface area (Å²) in [6.45, 7) is 9.68. The van der Waals surface area contributed by atoms with E-state index in [0.717, 1.165) is 18.4 Å². The molecular weight excluding hydrogens is 256 g/mol. The molecule has 2 aliphatic rings. The minimum atomic E-state index is 0.539. The van der Waals surface area contributed by atoms with Crippen molar-refractivity contribution in [2.45, 2.75) is 71.6 Å². The first-order valence-electron chi connectivity index (χ1n) is 9.53. The van der Waals surface area contributed by atoms with Crippen LogP contribution in [0, 0.1) is 17.3 Å². The SMILES string of the molecule is CCNCC1(CN(C)CC2CCCCC2)CCCC(C)C1. The predicted molar refractivity (Wildman–Crippen MR) is 92.7 cm³/mol. The van der Waals surface area contributed by atoms with Gasteiger partial charge in [-0.1, -0.05) is 46.0 Å². The molecule has 2 saturated carbocycles. The Kier molecular flexibility index (Phi) is 7.01. The molecule has 0 radical (unpaired) electrons. The van der Waals surface area contributed by atoms with E-state index in [9.17, 15) is 0 Å². The Hall–Kier alpha value is -0.0800.